The number of anilines is 2. The molecule has 2 aliphatic heterocycles. The van der Waals surface area contributed by atoms with E-state index in [4.69, 9.17) is 28.2 Å². The number of hydrogen-bond donors (Lipinski definition) is 2. The standard InChI is InChI=1S/C27H37Cl2N5O/c1-16-9-22(10-16)33-8-4-5-19(13-33)20-14-34(15-20)27-30-12-24(18(3)35)26(32-27)31-17(2)23-7-6-21(28)11-25(23)29/h6-7,11-12,16-20,22,35H,4-5,8-10,13-15H2,1-3H3,(H,30,31,32)/t16?,17-,18?,19+,22?/m1/s1. The van der Waals surface area contributed by atoms with Crippen molar-refractivity contribution in [2.45, 2.75) is 64.6 Å². The third-order valence-electron chi connectivity index (χ3n) is 8.25. The molecule has 1 aromatic carbocycles. The van der Waals surface area contributed by atoms with Crippen molar-refractivity contribution in [2.75, 3.05) is 36.4 Å². The van der Waals surface area contributed by atoms with Crippen LogP contribution in [0.25, 0.3) is 0 Å². The fourth-order valence-corrected chi connectivity index (χ4v) is 6.55. The van der Waals surface area contributed by atoms with E-state index in [1.54, 1.807) is 19.2 Å². The lowest BCUT2D eigenvalue weighted by molar-refractivity contribution is 0.0294. The van der Waals surface area contributed by atoms with Gasteiger partial charge in [0.1, 0.15) is 5.82 Å². The van der Waals surface area contributed by atoms with E-state index in [9.17, 15) is 5.11 Å². The lowest BCUT2D eigenvalue weighted by Crippen LogP contribution is -2.56. The number of rotatable bonds is 7. The molecule has 5 rings (SSSR count). The molecule has 6 nitrogen and oxygen atoms in total. The van der Waals surface area contributed by atoms with E-state index < -0.39 is 6.10 Å². The highest BCUT2D eigenvalue weighted by molar-refractivity contribution is 6.35. The second-order valence-corrected chi connectivity index (χ2v) is 11.8. The van der Waals surface area contributed by atoms with Gasteiger partial charge in [-0.25, -0.2) is 4.98 Å². The molecule has 8 heteroatoms. The van der Waals surface area contributed by atoms with Crippen molar-refractivity contribution in [1.29, 1.82) is 0 Å². The van der Waals surface area contributed by atoms with Crippen LogP contribution in [0.5, 0.6) is 0 Å². The van der Waals surface area contributed by atoms with Crippen LogP contribution in [-0.2, 0) is 0 Å². The molecule has 0 amide bonds. The van der Waals surface area contributed by atoms with Gasteiger partial charge in [0.15, 0.2) is 0 Å². The number of benzene rings is 1. The highest BCUT2D eigenvalue weighted by Gasteiger charge is 2.40. The molecule has 3 fully saturated rings. The Hall–Kier alpha value is -1.60. The summed E-state index contributed by atoms with van der Waals surface area (Å²) < 4.78 is 0. The quantitative estimate of drug-likeness (QED) is 0.472. The summed E-state index contributed by atoms with van der Waals surface area (Å²) in [5.74, 6) is 3.76. The topological polar surface area (TPSA) is 64.5 Å². The zero-order valence-electron chi connectivity index (χ0n) is 20.9. The number of aromatic nitrogens is 2. The lowest BCUT2D eigenvalue weighted by Gasteiger charge is -2.50. The summed E-state index contributed by atoms with van der Waals surface area (Å²) >= 11 is 12.5. The van der Waals surface area contributed by atoms with E-state index in [1.807, 2.05) is 19.1 Å². The second-order valence-electron chi connectivity index (χ2n) is 11.0. The van der Waals surface area contributed by atoms with Gasteiger partial charge in [0.2, 0.25) is 5.95 Å². The Bertz CT molecular complexity index is 1040. The Morgan fingerprint density at radius 1 is 1.09 bits per heavy atom. The third-order valence-corrected chi connectivity index (χ3v) is 8.81. The number of halogens is 2. The SMILES string of the molecule is CC1CC(N2CCC[C@H](C3CN(c4ncc(C(C)O)c(N[C@H](C)c5ccc(Cl)cc5Cl)n4)C3)C2)C1. The molecule has 2 N–H and O–H groups in total. The van der Waals surface area contributed by atoms with Crippen LogP contribution in [0.1, 0.15) is 69.7 Å². The van der Waals surface area contributed by atoms with Crippen LogP contribution < -0.4 is 10.2 Å². The van der Waals surface area contributed by atoms with Gasteiger partial charge in [-0.05, 0) is 81.5 Å². The number of nitrogens with one attached hydrogen (secondary N) is 1. The van der Waals surface area contributed by atoms with Gasteiger partial charge < -0.3 is 20.2 Å². The summed E-state index contributed by atoms with van der Waals surface area (Å²) in [6.07, 6.45) is 6.49. The van der Waals surface area contributed by atoms with Gasteiger partial charge in [0.25, 0.3) is 0 Å². The van der Waals surface area contributed by atoms with Crippen molar-refractivity contribution in [3.05, 3.63) is 45.6 Å². The highest BCUT2D eigenvalue weighted by Crippen LogP contribution is 2.38. The Morgan fingerprint density at radius 2 is 1.86 bits per heavy atom. The van der Waals surface area contributed by atoms with Gasteiger partial charge >= 0.3 is 0 Å². The minimum absolute atomic E-state index is 0.105. The molecule has 1 unspecified atom stereocenters. The first-order valence-electron chi connectivity index (χ1n) is 13.0. The summed E-state index contributed by atoms with van der Waals surface area (Å²) in [5, 5.41) is 15.0. The molecule has 3 heterocycles. The molecule has 190 valence electrons. The smallest absolute Gasteiger partial charge is 0.227 e. The Labute approximate surface area is 219 Å². The molecule has 1 aliphatic carbocycles. The Balaban J connectivity index is 1.24. The van der Waals surface area contributed by atoms with E-state index in [0.717, 1.165) is 42.5 Å². The molecule has 2 saturated heterocycles. The van der Waals surface area contributed by atoms with Crippen LogP contribution in [0, 0.1) is 17.8 Å². The Morgan fingerprint density at radius 3 is 2.54 bits per heavy atom. The maximum Gasteiger partial charge on any atom is 0.227 e. The van der Waals surface area contributed by atoms with Crippen molar-refractivity contribution in [2.24, 2.45) is 17.8 Å². The second kappa shape index (κ2) is 10.4. The molecule has 0 radical (unpaired) electrons. The maximum absolute atomic E-state index is 10.3. The zero-order chi connectivity index (χ0) is 24.7. The van der Waals surface area contributed by atoms with Crippen molar-refractivity contribution < 1.29 is 5.11 Å². The number of aliphatic hydroxyl groups is 1. The molecule has 35 heavy (non-hydrogen) atoms. The largest absolute Gasteiger partial charge is 0.389 e. The normalized spacial score (nSPS) is 27.1. The molecule has 3 aliphatic rings. The molecule has 3 atom stereocenters. The minimum Gasteiger partial charge on any atom is -0.389 e. The van der Waals surface area contributed by atoms with Crippen molar-refractivity contribution >= 4 is 35.0 Å². The average molecular weight is 519 g/mol. The molecular weight excluding hydrogens is 481 g/mol. The lowest BCUT2D eigenvalue weighted by atomic mass is 9.76. The number of hydrogen-bond acceptors (Lipinski definition) is 6. The minimum atomic E-state index is -0.675. The number of likely N-dealkylation sites (tertiary alicyclic amines) is 1. The predicted octanol–water partition coefficient (Wildman–Crippen LogP) is 5.96. The van der Waals surface area contributed by atoms with Crippen LogP contribution in [-0.4, -0.2) is 52.2 Å². The summed E-state index contributed by atoms with van der Waals surface area (Å²) in [6, 6.07) is 6.22. The molecule has 1 aromatic heterocycles. The molecule has 1 saturated carbocycles. The van der Waals surface area contributed by atoms with Crippen molar-refractivity contribution in [3.8, 4) is 0 Å². The fraction of sp³-hybridized carbons (Fsp3) is 0.630. The van der Waals surface area contributed by atoms with Gasteiger partial charge in [-0.1, -0.05) is 36.2 Å². The molecule has 2 aromatic rings. The first-order valence-corrected chi connectivity index (χ1v) is 13.8. The molecule has 0 bridgehead atoms. The molecular formula is C27H37Cl2N5O. The van der Waals surface area contributed by atoms with Crippen LogP contribution >= 0.6 is 23.2 Å². The van der Waals surface area contributed by atoms with Gasteiger partial charge in [-0.3, -0.25) is 0 Å². The average Bonchev–Trinajstić information content (AvgIpc) is 2.76. The van der Waals surface area contributed by atoms with Gasteiger partial charge in [0, 0.05) is 47.5 Å². The summed E-state index contributed by atoms with van der Waals surface area (Å²) in [6.45, 7) is 10.7. The van der Waals surface area contributed by atoms with Crippen molar-refractivity contribution in [3.63, 3.8) is 0 Å². The third kappa shape index (κ3) is 5.41. The number of aliphatic hydroxyl groups excluding tert-OH is 1. The predicted molar refractivity (Wildman–Crippen MR) is 143 cm³/mol. The first-order chi connectivity index (χ1) is 16.8. The summed E-state index contributed by atoms with van der Waals surface area (Å²) in [4.78, 5) is 14.5. The summed E-state index contributed by atoms with van der Waals surface area (Å²) in [5.41, 5.74) is 1.61. The van der Waals surface area contributed by atoms with Crippen LogP contribution in [0.15, 0.2) is 24.4 Å². The van der Waals surface area contributed by atoms with Gasteiger partial charge in [-0.15, -0.1) is 0 Å². The van der Waals surface area contributed by atoms with E-state index in [2.05, 4.69) is 27.0 Å². The highest BCUT2D eigenvalue weighted by atomic mass is 35.5. The fourth-order valence-electron chi connectivity index (χ4n) is 5.98. The van der Waals surface area contributed by atoms with Crippen LogP contribution in [0.3, 0.4) is 0 Å². The van der Waals surface area contributed by atoms with Gasteiger partial charge in [0.05, 0.1) is 12.1 Å². The van der Waals surface area contributed by atoms with E-state index in [0.29, 0.717) is 27.3 Å². The van der Waals surface area contributed by atoms with E-state index >= 15 is 0 Å². The first kappa shape index (κ1) is 25.1. The van der Waals surface area contributed by atoms with Crippen LogP contribution in [0.4, 0.5) is 11.8 Å². The molecule has 0 spiro atoms. The van der Waals surface area contributed by atoms with Gasteiger partial charge in [-0.2, -0.15) is 4.98 Å². The van der Waals surface area contributed by atoms with Crippen LogP contribution in [0.2, 0.25) is 10.0 Å². The van der Waals surface area contributed by atoms with E-state index in [1.165, 1.54) is 38.8 Å². The zero-order valence-corrected chi connectivity index (χ0v) is 22.4. The van der Waals surface area contributed by atoms with Crippen molar-refractivity contribution in [1.82, 2.24) is 14.9 Å². The number of nitrogens with zero attached hydrogens (tertiary/aromatic N) is 4. The Kier molecular flexibility index (Phi) is 7.45. The maximum atomic E-state index is 10.3. The monoisotopic (exact) mass is 517 g/mol. The number of piperidine rings is 1. The summed E-state index contributed by atoms with van der Waals surface area (Å²) in [7, 11) is 0. The van der Waals surface area contributed by atoms with E-state index in [-0.39, 0.29) is 6.04 Å².